The van der Waals surface area contributed by atoms with Gasteiger partial charge in [0.2, 0.25) is 0 Å². The van der Waals surface area contributed by atoms with Crippen LogP contribution in [0, 0.1) is 5.92 Å². The molecule has 0 spiro atoms. The van der Waals surface area contributed by atoms with E-state index >= 15 is 0 Å². The van der Waals surface area contributed by atoms with E-state index in [1.54, 1.807) is 0 Å². The van der Waals surface area contributed by atoms with Crippen molar-refractivity contribution in [1.82, 2.24) is 4.90 Å². The third-order valence-corrected chi connectivity index (χ3v) is 4.49. The fourth-order valence-corrected chi connectivity index (χ4v) is 3.00. The summed E-state index contributed by atoms with van der Waals surface area (Å²) in [5.74, 6) is 0.823. The maximum atomic E-state index is 2.59. The molecule has 0 fully saturated rings. The van der Waals surface area contributed by atoms with Gasteiger partial charge >= 0.3 is 0 Å². The second-order valence-corrected chi connectivity index (χ2v) is 6.72. The molecule has 0 bridgehead atoms. The molecular weight excluding hydrogens is 278 g/mol. The summed E-state index contributed by atoms with van der Waals surface area (Å²) in [6.45, 7) is 7.93. The first-order chi connectivity index (χ1) is 11.3. The fraction of sp³-hybridized carbons (Fsp3) is 0.455. The van der Waals surface area contributed by atoms with Gasteiger partial charge in [-0.3, -0.25) is 4.90 Å². The molecule has 0 aliphatic heterocycles. The molecule has 1 heteroatoms. The summed E-state index contributed by atoms with van der Waals surface area (Å²) in [5, 5.41) is 0. The molecule has 0 aromatic heterocycles. The van der Waals surface area contributed by atoms with Crippen LogP contribution < -0.4 is 0 Å². The molecule has 2 rings (SSSR count). The SMILES string of the molecule is CCCCC(C)CCN(Cc1ccccc1)Cc1ccccc1. The molecule has 1 unspecified atom stereocenters. The molecule has 1 nitrogen and oxygen atoms in total. The highest BCUT2D eigenvalue weighted by atomic mass is 15.1. The molecule has 0 amide bonds. The molecule has 0 saturated heterocycles. The molecule has 2 aromatic carbocycles. The predicted molar refractivity (Wildman–Crippen MR) is 100 cm³/mol. The Morgan fingerprint density at radius 3 is 1.78 bits per heavy atom. The number of hydrogen-bond donors (Lipinski definition) is 0. The van der Waals surface area contributed by atoms with Gasteiger partial charge in [-0.15, -0.1) is 0 Å². The van der Waals surface area contributed by atoms with Gasteiger partial charge in [0.05, 0.1) is 0 Å². The minimum Gasteiger partial charge on any atom is -0.295 e. The average molecular weight is 309 g/mol. The van der Waals surface area contributed by atoms with Crippen LogP contribution in [-0.2, 0) is 13.1 Å². The Morgan fingerprint density at radius 1 is 0.783 bits per heavy atom. The van der Waals surface area contributed by atoms with E-state index in [2.05, 4.69) is 79.4 Å². The molecule has 23 heavy (non-hydrogen) atoms. The lowest BCUT2D eigenvalue weighted by Crippen LogP contribution is -2.25. The topological polar surface area (TPSA) is 3.24 Å². The Kier molecular flexibility index (Phi) is 7.89. The Morgan fingerprint density at radius 2 is 1.30 bits per heavy atom. The first kappa shape index (κ1) is 17.7. The second kappa shape index (κ2) is 10.2. The van der Waals surface area contributed by atoms with Gasteiger partial charge in [0.1, 0.15) is 0 Å². The number of unbranched alkanes of at least 4 members (excludes halogenated alkanes) is 1. The standard InChI is InChI=1S/C22H31N/c1-3-4-11-20(2)16-17-23(18-21-12-7-5-8-13-21)19-22-14-9-6-10-15-22/h5-10,12-15,20H,3-4,11,16-19H2,1-2H3. The molecule has 0 N–H and O–H groups in total. The van der Waals surface area contributed by atoms with Crippen molar-refractivity contribution in [2.75, 3.05) is 6.54 Å². The van der Waals surface area contributed by atoms with E-state index in [0.717, 1.165) is 19.0 Å². The van der Waals surface area contributed by atoms with Crippen LogP contribution in [0.3, 0.4) is 0 Å². The Labute approximate surface area is 142 Å². The third kappa shape index (κ3) is 7.00. The van der Waals surface area contributed by atoms with Crippen molar-refractivity contribution >= 4 is 0 Å². The third-order valence-electron chi connectivity index (χ3n) is 4.49. The lowest BCUT2D eigenvalue weighted by atomic mass is 10.0. The van der Waals surface area contributed by atoms with Crippen LogP contribution in [0.5, 0.6) is 0 Å². The monoisotopic (exact) mass is 309 g/mol. The highest BCUT2D eigenvalue weighted by Gasteiger charge is 2.10. The molecule has 1 atom stereocenters. The van der Waals surface area contributed by atoms with Gasteiger partial charge in [0.25, 0.3) is 0 Å². The highest BCUT2D eigenvalue weighted by molar-refractivity contribution is 5.17. The van der Waals surface area contributed by atoms with Gasteiger partial charge in [-0.05, 0) is 30.0 Å². The van der Waals surface area contributed by atoms with Crippen LogP contribution in [0.15, 0.2) is 60.7 Å². The zero-order valence-electron chi connectivity index (χ0n) is 14.7. The van der Waals surface area contributed by atoms with E-state index in [1.165, 1.54) is 43.4 Å². The minimum absolute atomic E-state index is 0.823. The van der Waals surface area contributed by atoms with Gasteiger partial charge in [-0.25, -0.2) is 0 Å². The summed E-state index contributed by atoms with van der Waals surface area (Å²) < 4.78 is 0. The van der Waals surface area contributed by atoms with Crippen molar-refractivity contribution in [3.8, 4) is 0 Å². The summed E-state index contributed by atoms with van der Waals surface area (Å²) in [5.41, 5.74) is 2.81. The fourth-order valence-electron chi connectivity index (χ4n) is 3.00. The molecule has 0 radical (unpaired) electrons. The van der Waals surface area contributed by atoms with Crippen LogP contribution in [0.4, 0.5) is 0 Å². The second-order valence-electron chi connectivity index (χ2n) is 6.72. The van der Waals surface area contributed by atoms with Crippen molar-refractivity contribution < 1.29 is 0 Å². The minimum atomic E-state index is 0.823. The number of benzene rings is 2. The first-order valence-electron chi connectivity index (χ1n) is 9.08. The zero-order valence-corrected chi connectivity index (χ0v) is 14.7. The lowest BCUT2D eigenvalue weighted by molar-refractivity contribution is 0.235. The molecule has 0 aliphatic rings. The molecule has 0 aliphatic carbocycles. The maximum absolute atomic E-state index is 2.59. The van der Waals surface area contributed by atoms with Crippen LogP contribution >= 0.6 is 0 Å². The van der Waals surface area contributed by atoms with Crippen molar-refractivity contribution in [3.05, 3.63) is 71.8 Å². The maximum Gasteiger partial charge on any atom is 0.0237 e. The zero-order chi connectivity index (χ0) is 16.3. The molecule has 0 saturated carbocycles. The average Bonchev–Trinajstić information content (AvgIpc) is 2.59. The van der Waals surface area contributed by atoms with E-state index < -0.39 is 0 Å². The molecule has 0 heterocycles. The van der Waals surface area contributed by atoms with Gasteiger partial charge in [0.15, 0.2) is 0 Å². The Balaban J connectivity index is 1.93. The van der Waals surface area contributed by atoms with Crippen LogP contribution in [0.1, 0.15) is 50.7 Å². The Bertz CT molecular complexity index is 479. The van der Waals surface area contributed by atoms with Gasteiger partial charge in [-0.2, -0.15) is 0 Å². The van der Waals surface area contributed by atoms with Crippen LogP contribution in [0.25, 0.3) is 0 Å². The summed E-state index contributed by atoms with van der Waals surface area (Å²) in [6, 6.07) is 21.7. The molecule has 124 valence electrons. The van der Waals surface area contributed by atoms with Crippen molar-refractivity contribution in [3.63, 3.8) is 0 Å². The van der Waals surface area contributed by atoms with Gasteiger partial charge in [0, 0.05) is 13.1 Å². The van der Waals surface area contributed by atoms with E-state index in [0.29, 0.717) is 0 Å². The molecule has 2 aromatic rings. The van der Waals surface area contributed by atoms with Gasteiger partial charge in [-0.1, -0.05) is 93.8 Å². The smallest absolute Gasteiger partial charge is 0.0237 e. The number of nitrogens with zero attached hydrogens (tertiary/aromatic N) is 1. The number of rotatable bonds is 10. The largest absolute Gasteiger partial charge is 0.295 e. The van der Waals surface area contributed by atoms with Crippen molar-refractivity contribution in [1.29, 1.82) is 0 Å². The quantitative estimate of drug-likeness (QED) is 0.527. The van der Waals surface area contributed by atoms with E-state index in [4.69, 9.17) is 0 Å². The summed E-state index contributed by atoms with van der Waals surface area (Å²) in [6.07, 6.45) is 5.32. The highest BCUT2D eigenvalue weighted by Crippen LogP contribution is 2.16. The van der Waals surface area contributed by atoms with E-state index in [-0.39, 0.29) is 0 Å². The van der Waals surface area contributed by atoms with Crippen LogP contribution in [-0.4, -0.2) is 11.4 Å². The Hall–Kier alpha value is -1.60. The van der Waals surface area contributed by atoms with Crippen LogP contribution in [0.2, 0.25) is 0 Å². The number of hydrogen-bond acceptors (Lipinski definition) is 1. The summed E-state index contributed by atoms with van der Waals surface area (Å²) in [4.78, 5) is 2.59. The summed E-state index contributed by atoms with van der Waals surface area (Å²) in [7, 11) is 0. The predicted octanol–water partition coefficient (Wildman–Crippen LogP) is 5.91. The lowest BCUT2D eigenvalue weighted by Gasteiger charge is -2.24. The normalized spacial score (nSPS) is 12.5. The molecular formula is C22H31N. The summed E-state index contributed by atoms with van der Waals surface area (Å²) >= 11 is 0. The van der Waals surface area contributed by atoms with Crippen molar-refractivity contribution in [2.45, 2.75) is 52.6 Å². The first-order valence-corrected chi connectivity index (χ1v) is 9.08. The van der Waals surface area contributed by atoms with Gasteiger partial charge < -0.3 is 0 Å². The van der Waals surface area contributed by atoms with Crippen molar-refractivity contribution in [2.24, 2.45) is 5.92 Å². The van der Waals surface area contributed by atoms with E-state index in [1.807, 2.05) is 0 Å². The van der Waals surface area contributed by atoms with E-state index in [9.17, 15) is 0 Å².